The molecule has 0 spiro atoms. The molecular formula is C20H21OP. The minimum Gasteiger partial charge on any atom is -0.308 e. The van der Waals surface area contributed by atoms with Crippen molar-refractivity contribution < 1.29 is 4.57 Å². The van der Waals surface area contributed by atoms with Gasteiger partial charge in [-0.25, -0.2) is 0 Å². The highest BCUT2D eigenvalue weighted by molar-refractivity contribution is 7.82. The first-order valence-electron chi connectivity index (χ1n) is 7.78. The van der Waals surface area contributed by atoms with E-state index in [0.29, 0.717) is 5.92 Å². The second-order valence-electron chi connectivity index (χ2n) is 5.95. The molecule has 0 unspecified atom stereocenters. The van der Waals surface area contributed by atoms with E-state index in [1.54, 1.807) is 0 Å². The minimum absolute atomic E-state index is 0.648. The Morgan fingerprint density at radius 2 is 1.36 bits per heavy atom. The monoisotopic (exact) mass is 308 g/mol. The largest absolute Gasteiger partial charge is 0.308 e. The normalized spacial score (nSPS) is 14.3. The van der Waals surface area contributed by atoms with Crippen LogP contribution in [-0.4, -0.2) is 0 Å². The molecule has 1 nitrogen and oxygen atoms in total. The van der Waals surface area contributed by atoms with Gasteiger partial charge in [-0.2, -0.15) is 0 Å². The molecule has 2 aromatic carbocycles. The Morgan fingerprint density at radius 3 is 1.77 bits per heavy atom. The van der Waals surface area contributed by atoms with Gasteiger partial charge < -0.3 is 4.57 Å². The van der Waals surface area contributed by atoms with Crippen LogP contribution >= 0.6 is 7.14 Å². The lowest BCUT2D eigenvalue weighted by Gasteiger charge is -2.19. The van der Waals surface area contributed by atoms with Gasteiger partial charge in [0.25, 0.3) is 0 Å². The van der Waals surface area contributed by atoms with Crippen LogP contribution in [0.25, 0.3) is 0 Å². The summed E-state index contributed by atoms with van der Waals surface area (Å²) in [4.78, 5) is 0. The minimum atomic E-state index is -2.80. The van der Waals surface area contributed by atoms with Crippen LogP contribution in [0.15, 0.2) is 77.3 Å². The van der Waals surface area contributed by atoms with Gasteiger partial charge in [0.05, 0.1) is 0 Å². The lowest BCUT2D eigenvalue weighted by molar-refractivity contribution is 0.590. The summed E-state index contributed by atoms with van der Waals surface area (Å²) in [7, 11) is -2.80. The first-order valence-corrected chi connectivity index (χ1v) is 9.49. The zero-order valence-corrected chi connectivity index (χ0v) is 14.0. The van der Waals surface area contributed by atoms with E-state index in [1.165, 1.54) is 18.4 Å². The molecule has 0 saturated heterocycles. The van der Waals surface area contributed by atoms with Crippen LogP contribution in [0.2, 0.25) is 0 Å². The summed E-state index contributed by atoms with van der Waals surface area (Å²) < 4.78 is 14.0. The lowest BCUT2D eigenvalue weighted by atomic mass is 10.2. The molecule has 0 aromatic heterocycles. The molecule has 3 rings (SSSR count). The predicted octanol–water partition coefficient (Wildman–Crippen LogP) is 4.86. The molecule has 2 aromatic rings. The van der Waals surface area contributed by atoms with Crippen LogP contribution in [0, 0.1) is 5.92 Å². The second kappa shape index (κ2) is 6.13. The summed E-state index contributed by atoms with van der Waals surface area (Å²) in [6, 6.07) is 19.6. The third-order valence-electron chi connectivity index (χ3n) is 4.28. The van der Waals surface area contributed by atoms with Crippen LogP contribution in [0.5, 0.6) is 0 Å². The summed E-state index contributed by atoms with van der Waals surface area (Å²) in [5.41, 5.74) is 4.69. The van der Waals surface area contributed by atoms with E-state index in [4.69, 9.17) is 0 Å². The Balaban J connectivity index is 2.20. The van der Waals surface area contributed by atoms with Gasteiger partial charge in [-0.1, -0.05) is 60.7 Å². The van der Waals surface area contributed by atoms with Crippen molar-refractivity contribution in [1.29, 1.82) is 0 Å². The molecule has 0 aliphatic heterocycles. The van der Waals surface area contributed by atoms with Gasteiger partial charge >= 0.3 is 0 Å². The second-order valence-corrected chi connectivity index (χ2v) is 8.87. The molecule has 1 aliphatic rings. The highest BCUT2D eigenvalue weighted by Crippen LogP contribution is 2.51. The molecule has 0 atom stereocenters. The Morgan fingerprint density at radius 1 is 0.909 bits per heavy atom. The maximum atomic E-state index is 14.0. The maximum absolute atomic E-state index is 14.0. The standard InChI is InChI=1S/C20H21OP/c1-16(18-13-14-18)15-17(2)22(21,19-9-5-3-6-10-19)20-11-7-4-8-12-20/h3-12,18H,13-14H2,1-2H3. The zero-order valence-electron chi connectivity index (χ0n) is 13.1. The maximum Gasteiger partial charge on any atom is 0.174 e. The molecule has 0 amide bonds. The molecule has 0 N–H and O–H groups in total. The molecule has 2 heteroatoms. The number of hydrogen-bond donors (Lipinski definition) is 0. The van der Waals surface area contributed by atoms with E-state index in [2.05, 4.69) is 12.7 Å². The molecule has 1 fully saturated rings. The van der Waals surface area contributed by atoms with E-state index in [-0.39, 0.29) is 0 Å². The Kier molecular flexibility index (Phi) is 4.21. The summed E-state index contributed by atoms with van der Waals surface area (Å²) in [6.45, 7) is 4.08. The Bertz CT molecular complexity index is 720. The van der Waals surface area contributed by atoms with Crippen molar-refractivity contribution in [1.82, 2.24) is 0 Å². The molecule has 1 aliphatic carbocycles. The summed E-state index contributed by atoms with van der Waals surface area (Å²) in [5, 5.41) is 2.62. The molecule has 0 bridgehead atoms. The van der Waals surface area contributed by atoms with Crippen molar-refractivity contribution in [3.8, 4) is 0 Å². The summed E-state index contributed by atoms with van der Waals surface area (Å²) >= 11 is 0. The van der Waals surface area contributed by atoms with Gasteiger partial charge in [0.15, 0.2) is 7.14 Å². The number of benzene rings is 2. The first kappa shape index (κ1) is 15.1. The highest BCUT2D eigenvalue weighted by atomic mass is 31.2. The molecule has 0 radical (unpaired) electrons. The van der Waals surface area contributed by atoms with Gasteiger partial charge in [-0.3, -0.25) is 0 Å². The van der Waals surface area contributed by atoms with Crippen LogP contribution in [0.1, 0.15) is 26.7 Å². The van der Waals surface area contributed by atoms with Crippen molar-refractivity contribution >= 4 is 17.8 Å². The molecule has 0 heterocycles. The predicted molar refractivity (Wildman–Crippen MR) is 94.4 cm³/mol. The van der Waals surface area contributed by atoms with Gasteiger partial charge in [-0.05, 0) is 38.2 Å². The molecule has 22 heavy (non-hydrogen) atoms. The number of hydrogen-bond acceptors (Lipinski definition) is 1. The SMILES string of the molecule is CC(=C=C(C)P(=O)(c1ccccc1)c1ccccc1)C1CC1. The quantitative estimate of drug-likeness (QED) is 0.582. The smallest absolute Gasteiger partial charge is 0.174 e. The van der Waals surface area contributed by atoms with Crippen molar-refractivity contribution in [3.63, 3.8) is 0 Å². The molecular weight excluding hydrogens is 287 g/mol. The van der Waals surface area contributed by atoms with Crippen LogP contribution in [0.3, 0.4) is 0 Å². The topological polar surface area (TPSA) is 17.1 Å². The van der Waals surface area contributed by atoms with Crippen molar-refractivity contribution in [3.05, 3.63) is 77.3 Å². The Hall–Kier alpha value is -1.81. The van der Waals surface area contributed by atoms with E-state index in [1.807, 2.05) is 67.6 Å². The van der Waals surface area contributed by atoms with Crippen molar-refractivity contribution in [2.24, 2.45) is 5.92 Å². The fourth-order valence-corrected chi connectivity index (χ4v) is 5.39. The van der Waals surface area contributed by atoms with E-state index >= 15 is 0 Å². The number of allylic oxidation sites excluding steroid dienone is 1. The van der Waals surface area contributed by atoms with Gasteiger partial charge in [-0.15, -0.1) is 5.73 Å². The van der Waals surface area contributed by atoms with Crippen LogP contribution < -0.4 is 10.6 Å². The van der Waals surface area contributed by atoms with Gasteiger partial charge in [0.2, 0.25) is 0 Å². The molecule has 112 valence electrons. The first-order chi connectivity index (χ1) is 10.6. The fourth-order valence-electron chi connectivity index (χ4n) is 2.79. The van der Waals surface area contributed by atoms with Gasteiger partial charge in [0.1, 0.15) is 0 Å². The van der Waals surface area contributed by atoms with Crippen molar-refractivity contribution in [2.75, 3.05) is 0 Å². The number of rotatable bonds is 4. The average molecular weight is 308 g/mol. The molecule has 1 saturated carbocycles. The summed E-state index contributed by atoms with van der Waals surface area (Å²) in [6.07, 6.45) is 2.49. The van der Waals surface area contributed by atoms with E-state index < -0.39 is 7.14 Å². The average Bonchev–Trinajstić information content (AvgIpc) is 3.40. The van der Waals surface area contributed by atoms with Crippen LogP contribution in [-0.2, 0) is 4.57 Å². The Labute approximate surface area is 132 Å². The zero-order chi connectivity index (χ0) is 15.6. The third kappa shape index (κ3) is 2.88. The van der Waals surface area contributed by atoms with Gasteiger partial charge in [0, 0.05) is 15.9 Å². The lowest BCUT2D eigenvalue weighted by Crippen LogP contribution is -2.16. The van der Waals surface area contributed by atoms with E-state index in [9.17, 15) is 4.57 Å². The third-order valence-corrected chi connectivity index (χ3v) is 7.39. The highest BCUT2D eigenvalue weighted by Gasteiger charge is 2.30. The van der Waals surface area contributed by atoms with Crippen molar-refractivity contribution in [2.45, 2.75) is 26.7 Å². The van der Waals surface area contributed by atoms with E-state index in [0.717, 1.165) is 15.9 Å². The fraction of sp³-hybridized carbons (Fsp3) is 0.250. The van der Waals surface area contributed by atoms with Crippen LogP contribution in [0.4, 0.5) is 0 Å². The summed E-state index contributed by atoms with van der Waals surface area (Å²) in [5.74, 6) is 0.648.